The van der Waals surface area contributed by atoms with Crippen molar-refractivity contribution in [2.45, 2.75) is 123 Å². The minimum Gasteiger partial charge on any atom is -0.361 e. The molecule has 0 radical (unpaired) electrons. The molecule has 0 fully saturated rings. The summed E-state index contributed by atoms with van der Waals surface area (Å²) in [4.78, 5) is 13.9. The van der Waals surface area contributed by atoms with Crippen LogP contribution in [0, 0.1) is 0 Å². The van der Waals surface area contributed by atoms with Crippen molar-refractivity contribution in [1.29, 1.82) is 0 Å². The molecule has 3 aromatic rings. The van der Waals surface area contributed by atoms with Crippen LogP contribution in [0.5, 0.6) is 0 Å². The largest absolute Gasteiger partial charge is 0.361 e. The van der Waals surface area contributed by atoms with Gasteiger partial charge in [-0.25, -0.2) is 0 Å². The van der Waals surface area contributed by atoms with Crippen molar-refractivity contribution in [3.63, 3.8) is 0 Å². The first-order valence-corrected chi connectivity index (χ1v) is 15.4. The van der Waals surface area contributed by atoms with Crippen molar-refractivity contribution in [2.75, 3.05) is 5.32 Å². The summed E-state index contributed by atoms with van der Waals surface area (Å²) in [6.45, 7) is 10.9. The van der Waals surface area contributed by atoms with Crippen LogP contribution in [-0.4, -0.2) is 11.1 Å². The van der Waals surface area contributed by atoms with Gasteiger partial charge >= 0.3 is 0 Å². The summed E-state index contributed by atoms with van der Waals surface area (Å²) < 4.78 is 5.74. The zero-order valence-corrected chi connectivity index (χ0v) is 25.0. The lowest BCUT2D eigenvalue weighted by Crippen LogP contribution is -2.24. The highest BCUT2D eigenvalue weighted by molar-refractivity contribution is 5.99. The average Bonchev–Trinajstić information content (AvgIpc) is 3.38. The van der Waals surface area contributed by atoms with Crippen molar-refractivity contribution >= 4 is 11.6 Å². The molecule has 0 aliphatic rings. The number of carbonyl (C=O) groups is 1. The van der Waals surface area contributed by atoms with Crippen molar-refractivity contribution in [3.05, 3.63) is 82.7 Å². The first-order valence-electron chi connectivity index (χ1n) is 15.4. The Bertz CT molecular complexity index is 1090. The molecule has 0 unspecified atom stereocenters. The Balaban J connectivity index is 1.66. The number of nitrogens with one attached hydrogen (secondary N) is 1. The smallest absolute Gasteiger partial charge is 0.238 e. The summed E-state index contributed by atoms with van der Waals surface area (Å²) in [5, 5.41) is 7.71. The van der Waals surface area contributed by atoms with Gasteiger partial charge in [0.05, 0.1) is 0 Å². The highest BCUT2D eigenvalue weighted by Gasteiger charge is 2.28. The molecule has 0 aliphatic heterocycles. The molecule has 0 bridgehead atoms. The number of hydrogen-bond acceptors (Lipinski definition) is 3. The minimum atomic E-state index is -0.531. The molecular weight excluding hydrogens is 480 g/mol. The molecule has 1 N–H and O–H groups in total. The fourth-order valence-electron chi connectivity index (χ4n) is 5.36. The van der Waals surface area contributed by atoms with E-state index in [2.05, 4.69) is 63.3 Å². The van der Waals surface area contributed by atoms with Gasteiger partial charge in [0.2, 0.25) is 5.91 Å². The predicted molar refractivity (Wildman–Crippen MR) is 164 cm³/mol. The number of rotatable bonds is 17. The molecule has 212 valence electrons. The van der Waals surface area contributed by atoms with Crippen molar-refractivity contribution in [1.82, 2.24) is 5.16 Å². The molecule has 2 aromatic carbocycles. The quantitative estimate of drug-likeness (QED) is 0.177. The third-order valence-electron chi connectivity index (χ3n) is 7.67. The lowest BCUT2D eigenvalue weighted by molar-refractivity contribution is -0.116. The van der Waals surface area contributed by atoms with E-state index in [1.54, 1.807) is 0 Å². The fourth-order valence-corrected chi connectivity index (χ4v) is 5.36. The van der Waals surface area contributed by atoms with E-state index in [0.717, 1.165) is 41.0 Å². The monoisotopic (exact) mass is 530 g/mol. The number of nitrogens with zero attached hydrogens (tertiary/aromatic N) is 1. The maximum atomic E-state index is 13.9. The van der Waals surface area contributed by atoms with Gasteiger partial charge in [-0.1, -0.05) is 146 Å². The van der Waals surface area contributed by atoms with Gasteiger partial charge in [0, 0.05) is 18.2 Å². The number of aromatic nitrogens is 1. The number of hydrogen-bond donors (Lipinski definition) is 1. The van der Waals surface area contributed by atoms with Crippen LogP contribution in [-0.2, 0) is 11.2 Å². The topological polar surface area (TPSA) is 55.1 Å². The van der Waals surface area contributed by atoms with Crippen LogP contribution in [0.25, 0.3) is 0 Å². The third-order valence-corrected chi connectivity index (χ3v) is 7.67. The van der Waals surface area contributed by atoms with E-state index in [-0.39, 0.29) is 5.91 Å². The van der Waals surface area contributed by atoms with Gasteiger partial charge in [-0.05, 0) is 34.9 Å². The molecule has 4 heteroatoms. The maximum absolute atomic E-state index is 13.9. The first kappa shape index (κ1) is 30.7. The Kier molecular flexibility index (Phi) is 12.8. The second kappa shape index (κ2) is 16.3. The van der Waals surface area contributed by atoms with Crippen LogP contribution in [0.1, 0.15) is 145 Å². The SMILES string of the molecule is CCCCCCCCCCCCc1cc([C@@H](C(=O)Nc2c(C(C)C)cccc2C(C)C)c2ccccc2)no1. The summed E-state index contributed by atoms with van der Waals surface area (Å²) in [6, 6.07) is 18.2. The maximum Gasteiger partial charge on any atom is 0.238 e. The minimum absolute atomic E-state index is 0.0741. The van der Waals surface area contributed by atoms with Crippen LogP contribution in [0.2, 0.25) is 0 Å². The zero-order chi connectivity index (χ0) is 28.0. The standard InChI is InChI=1S/C35H50N2O2/c1-6-7-8-9-10-11-12-13-14-18-22-29-25-32(37-39-29)33(28-20-16-15-17-21-28)35(38)36-34-30(26(2)3)23-19-24-31(34)27(4)5/h15-17,19-21,23-27,33H,6-14,18,22H2,1-5H3,(H,36,38)/t33-/m0/s1. The van der Waals surface area contributed by atoms with Crippen molar-refractivity contribution in [3.8, 4) is 0 Å². The number of para-hydroxylation sites is 1. The molecule has 4 nitrogen and oxygen atoms in total. The van der Waals surface area contributed by atoms with Gasteiger partial charge in [0.15, 0.2) is 0 Å². The Morgan fingerprint density at radius 3 is 1.90 bits per heavy atom. The molecule has 1 heterocycles. The van der Waals surface area contributed by atoms with Gasteiger partial charge in [-0.15, -0.1) is 0 Å². The van der Waals surface area contributed by atoms with Crippen LogP contribution in [0.3, 0.4) is 0 Å². The van der Waals surface area contributed by atoms with Crippen LogP contribution >= 0.6 is 0 Å². The summed E-state index contributed by atoms with van der Waals surface area (Å²) in [5.41, 5.74) is 4.84. The van der Waals surface area contributed by atoms with Gasteiger partial charge < -0.3 is 9.84 Å². The lowest BCUT2D eigenvalue weighted by Gasteiger charge is -2.22. The molecule has 1 aromatic heterocycles. The molecule has 0 saturated carbocycles. The van der Waals surface area contributed by atoms with Crippen molar-refractivity contribution < 1.29 is 9.32 Å². The number of aryl methyl sites for hydroxylation is 1. The van der Waals surface area contributed by atoms with E-state index >= 15 is 0 Å². The van der Waals surface area contributed by atoms with E-state index < -0.39 is 5.92 Å². The number of carbonyl (C=O) groups excluding carboxylic acids is 1. The number of amides is 1. The first-order chi connectivity index (χ1) is 18.9. The van der Waals surface area contributed by atoms with Crippen molar-refractivity contribution in [2.24, 2.45) is 0 Å². The van der Waals surface area contributed by atoms with Gasteiger partial charge in [-0.3, -0.25) is 4.79 Å². The molecule has 1 amide bonds. The second-order valence-corrected chi connectivity index (χ2v) is 11.6. The Hall–Kier alpha value is -2.88. The van der Waals surface area contributed by atoms with E-state index in [4.69, 9.17) is 4.52 Å². The summed E-state index contributed by atoms with van der Waals surface area (Å²) in [5.74, 6) is 0.859. The van der Waals surface area contributed by atoms with E-state index in [0.29, 0.717) is 17.5 Å². The highest BCUT2D eigenvalue weighted by atomic mass is 16.5. The number of anilines is 1. The van der Waals surface area contributed by atoms with E-state index in [9.17, 15) is 4.79 Å². The third kappa shape index (κ3) is 9.37. The lowest BCUT2D eigenvalue weighted by atomic mass is 9.90. The Morgan fingerprint density at radius 1 is 0.769 bits per heavy atom. The van der Waals surface area contributed by atoms with E-state index in [1.165, 1.54) is 57.8 Å². The fraction of sp³-hybridized carbons (Fsp3) is 0.543. The van der Waals surface area contributed by atoms with Crippen LogP contribution < -0.4 is 5.32 Å². The molecule has 0 saturated heterocycles. The van der Waals surface area contributed by atoms with Crippen LogP contribution in [0.4, 0.5) is 5.69 Å². The molecule has 39 heavy (non-hydrogen) atoms. The molecule has 0 spiro atoms. The summed E-state index contributed by atoms with van der Waals surface area (Å²) in [7, 11) is 0. The second-order valence-electron chi connectivity index (χ2n) is 11.6. The average molecular weight is 531 g/mol. The van der Waals surface area contributed by atoms with Gasteiger partial charge in [0.1, 0.15) is 17.4 Å². The normalized spacial score (nSPS) is 12.3. The van der Waals surface area contributed by atoms with Crippen LogP contribution in [0.15, 0.2) is 59.1 Å². The predicted octanol–water partition coefficient (Wildman–Crippen LogP) is 10.2. The molecular formula is C35H50N2O2. The molecule has 1 atom stereocenters. The number of benzene rings is 2. The Morgan fingerprint density at radius 2 is 1.33 bits per heavy atom. The van der Waals surface area contributed by atoms with E-state index in [1.807, 2.05) is 36.4 Å². The summed E-state index contributed by atoms with van der Waals surface area (Å²) in [6.07, 6.45) is 13.9. The Labute approximate surface area is 237 Å². The van der Waals surface area contributed by atoms with Gasteiger partial charge in [0.25, 0.3) is 0 Å². The van der Waals surface area contributed by atoms with Gasteiger partial charge in [-0.2, -0.15) is 0 Å². The highest BCUT2D eigenvalue weighted by Crippen LogP contribution is 2.34. The molecule has 3 rings (SSSR count). The number of unbranched alkanes of at least 4 members (excludes halogenated alkanes) is 9. The summed E-state index contributed by atoms with van der Waals surface area (Å²) >= 11 is 0. The zero-order valence-electron chi connectivity index (χ0n) is 25.0. The molecule has 0 aliphatic carbocycles.